The van der Waals surface area contributed by atoms with Gasteiger partial charge in [0, 0.05) is 30.9 Å². The Morgan fingerprint density at radius 3 is 2.81 bits per heavy atom. The van der Waals surface area contributed by atoms with E-state index < -0.39 is 0 Å². The van der Waals surface area contributed by atoms with E-state index in [1.165, 1.54) is 12.1 Å². The first kappa shape index (κ1) is 20.2. The van der Waals surface area contributed by atoms with Gasteiger partial charge in [-0.25, -0.2) is 19.3 Å². The van der Waals surface area contributed by atoms with E-state index in [0.717, 1.165) is 45.6 Å². The molecule has 3 aliphatic rings. The molecule has 3 atom stereocenters. The van der Waals surface area contributed by atoms with Gasteiger partial charge < -0.3 is 10.2 Å². The zero-order valence-corrected chi connectivity index (χ0v) is 19.6. The maximum absolute atomic E-state index is 13.9. The summed E-state index contributed by atoms with van der Waals surface area (Å²) in [6.07, 6.45) is 7.63. The molecule has 1 aliphatic heterocycles. The minimum atomic E-state index is -0.303. The van der Waals surface area contributed by atoms with Crippen molar-refractivity contribution in [3.8, 4) is 10.4 Å². The monoisotopic (exact) mass is 513 g/mol. The number of hydrogen-bond donors (Lipinski definition) is 1. The maximum Gasteiger partial charge on any atom is 0.274 e. The van der Waals surface area contributed by atoms with E-state index in [1.807, 2.05) is 11.0 Å². The van der Waals surface area contributed by atoms with Crippen LogP contribution in [0.1, 0.15) is 47.1 Å². The van der Waals surface area contributed by atoms with Gasteiger partial charge in [0.2, 0.25) is 5.95 Å². The molecule has 6 rings (SSSR count). The summed E-state index contributed by atoms with van der Waals surface area (Å²) in [5.74, 6) is 1.19. The third kappa shape index (κ3) is 3.81. The average Bonchev–Trinajstić information content (AvgIpc) is 3.71. The molecule has 0 radical (unpaired) electrons. The first-order chi connectivity index (χ1) is 15.6. The number of amides is 1. The van der Waals surface area contributed by atoms with E-state index >= 15 is 0 Å². The van der Waals surface area contributed by atoms with Crippen molar-refractivity contribution in [3.05, 3.63) is 57.7 Å². The summed E-state index contributed by atoms with van der Waals surface area (Å²) in [5.41, 5.74) is 1.20. The Kier molecular flexibility index (Phi) is 4.98. The van der Waals surface area contributed by atoms with Crippen LogP contribution < -0.4 is 5.32 Å². The predicted molar refractivity (Wildman–Crippen MR) is 124 cm³/mol. The topological polar surface area (TPSA) is 71.0 Å². The van der Waals surface area contributed by atoms with Gasteiger partial charge in [-0.05, 0) is 65.2 Å². The molecular formula is C23H21BrFN5OS. The number of halogens is 2. The summed E-state index contributed by atoms with van der Waals surface area (Å²) in [6.45, 7) is 0.593. The highest BCUT2D eigenvalue weighted by atomic mass is 79.9. The van der Waals surface area contributed by atoms with E-state index in [1.54, 1.807) is 29.8 Å². The molecule has 3 aromatic rings. The standard InChI is InChI=1S/C23H21BrFN5OS/c24-15-9-26-23(27-10-15)28-11-17-7-14-8-18(14)30(17)22(31)19-20(13-2-1-3-16(25)6-13)32-21(29-19)12-4-5-12/h1-3,6,9-10,12,14,17-18H,4-5,7-8,11H2,(H,26,27,28)/t14-,17+,18+/m1/s1. The number of carbonyl (C=O) groups is 1. The molecule has 2 aromatic heterocycles. The summed E-state index contributed by atoms with van der Waals surface area (Å²) in [5, 5.41) is 4.27. The third-order valence-electron chi connectivity index (χ3n) is 6.42. The Bertz CT molecular complexity index is 1180. The molecule has 3 heterocycles. The Balaban J connectivity index is 1.28. The number of nitrogens with zero attached hydrogens (tertiary/aromatic N) is 4. The predicted octanol–water partition coefficient (Wildman–Crippen LogP) is 5.09. The van der Waals surface area contributed by atoms with Crippen molar-refractivity contribution in [3.63, 3.8) is 0 Å². The van der Waals surface area contributed by atoms with Gasteiger partial charge in [0.25, 0.3) is 5.91 Å². The van der Waals surface area contributed by atoms with E-state index in [-0.39, 0.29) is 23.8 Å². The van der Waals surface area contributed by atoms with E-state index in [4.69, 9.17) is 4.98 Å². The van der Waals surface area contributed by atoms with E-state index in [0.29, 0.717) is 30.0 Å². The molecule has 1 aromatic carbocycles. The van der Waals surface area contributed by atoms with Gasteiger partial charge in [-0.3, -0.25) is 4.79 Å². The number of thiazole rings is 1. The van der Waals surface area contributed by atoms with E-state index in [9.17, 15) is 9.18 Å². The first-order valence-electron chi connectivity index (χ1n) is 10.9. The number of aromatic nitrogens is 3. The number of piperidine rings is 1. The summed E-state index contributed by atoms with van der Waals surface area (Å²) in [7, 11) is 0. The highest BCUT2D eigenvalue weighted by Gasteiger charge is 2.54. The fourth-order valence-electron chi connectivity index (χ4n) is 4.60. The number of rotatable bonds is 6. The van der Waals surface area contributed by atoms with Gasteiger partial charge >= 0.3 is 0 Å². The van der Waals surface area contributed by atoms with Crippen LogP contribution in [-0.4, -0.2) is 44.4 Å². The second kappa shape index (κ2) is 7.88. The van der Waals surface area contributed by atoms with Crippen LogP contribution in [0.25, 0.3) is 10.4 Å². The Morgan fingerprint density at radius 1 is 1.25 bits per heavy atom. The number of hydrogen-bond acceptors (Lipinski definition) is 6. The van der Waals surface area contributed by atoms with Crippen molar-refractivity contribution in [1.82, 2.24) is 19.9 Å². The van der Waals surface area contributed by atoms with Crippen LogP contribution in [0.4, 0.5) is 10.3 Å². The summed E-state index contributed by atoms with van der Waals surface area (Å²) in [4.78, 5) is 29.9. The normalized spacial score (nSPS) is 23.8. The number of fused-ring (bicyclic) bond motifs is 1. The Hall–Kier alpha value is -2.39. The van der Waals surface area contributed by atoms with Crippen LogP contribution in [0.2, 0.25) is 0 Å². The molecule has 0 unspecified atom stereocenters. The van der Waals surface area contributed by atoms with Crippen molar-refractivity contribution in [1.29, 1.82) is 0 Å². The van der Waals surface area contributed by atoms with Gasteiger partial charge in [-0.1, -0.05) is 12.1 Å². The number of likely N-dealkylation sites (tertiary alicyclic amines) is 1. The Morgan fingerprint density at radius 2 is 2.06 bits per heavy atom. The summed E-state index contributed by atoms with van der Waals surface area (Å²) < 4.78 is 14.8. The second-order valence-corrected chi connectivity index (χ2v) is 10.7. The van der Waals surface area contributed by atoms with Crippen molar-refractivity contribution < 1.29 is 9.18 Å². The second-order valence-electron chi connectivity index (χ2n) is 8.79. The minimum absolute atomic E-state index is 0.0408. The van der Waals surface area contributed by atoms with Gasteiger partial charge in [0.05, 0.1) is 20.4 Å². The molecule has 0 spiro atoms. The van der Waals surface area contributed by atoms with Crippen LogP contribution in [0.5, 0.6) is 0 Å². The number of nitrogens with one attached hydrogen (secondary N) is 1. The quantitative estimate of drug-likeness (QED) is 0.496. The van der Waals surface area contributed by atoms with E-state index in [2.05, 4.69) is 31.2 Å². The number of anilines is 1. The lowest BCUT2D eigenvalue weighted by Crippen LogP contribution is -2.42. The highest BCUT2D eigenvalue weighted by molar-refractivity contribution is 9.10. The molecule has 1 amide bonds. The van der Waals surface area contributed by atoms with Gasteiger partial charge in [-0.15, -0.1) is 11.3 Å². The molecule has 2 aliphatic carbocycles. The van der Waals surface area contributed by atoms with Crippen LogP contribution in [0, 0.1) is 11.7 Å². The summed E-state index contributed by atoms with van der Waals surface area (Å²) >= 11 is 4.88. The zero-order chi connectivity index (χ0) is 21.8. The van der Waals surface area contributed by atoms with Gasteiger partial charge in [-0.2, -0.15) is 0 Å². The van der Waals surface area contributed by atoms with Crippen LogP contribution >= 0.6 is 27.3 Å². The number of carbonyl (C=O) groups excluding carboxylic acids is 1. The lowest BCUT2D eigenvalue weighted by atomic mass is 10.1. The van der Waals surface area contributed by atoms with Gasteiger partial charge in [0.1, 0.15) is 11.5 Å². The molecule has 1 saturated heterocycles. The van der Waals surface area contributed by atoms with Crippen LogP contribution in [0.15, 0.2) is 41.1 Å². The fourth-order valence-corrected chi connectivity index (χ4v) is 6.03. The van der Waals surface area contributed by atoms with Crippen LogP contribution in [-0.2, 0) is 0 Å². The highest BCUT2D eigenvalue weighted by Crippen LogP contribution is 2.50. The largest absolute Gasteiger partial charge is 0.352 e. The molecule has 2 saturated carbocycles. The third-order valence-corrected chi connectivity index (χ3v) is 8.10. The van der Waals surface area contributed by atoms with Crippen molar-refractivity contribution in [2.75, 3.05) is 11.9 Å². The fraction of sp³-hybridized carbons (Fsp3) is 0.391. The minimum Gasteiger partial charge on any atom is -0.352 e. The lowest BCUT2D eigenvalue weighted by molar-refractivity contribution is 0.0704. The zero-order valence-electron chi connectivity index (χ0n) is 17.2. The van der Waals surface area contributed by atoms with Crippen molar-refractivity contribution in [2.24, 2.45) is 5.92 Å². The van der Waals surface area contributed by atoms with Gasteiger partial charge in [0.15, 0.2) is 0 Å². The molecule has 1 N–H and O–H groups in total. The molecule has 164 valence electrons. The summed E-state index contributed by atoms with van der Waals surface area (Å²) in [6, 6.07) is 6.80. The SMILES string of the molecule is O=C(c1nc(C2CC2)sc1-c1cccc(F)c1)N1[C@H](CNc2ncc(Br)cn2)C[C@@H]2C[C@@H]21. The van der Waals surface area contributed by atoms with Crippen molar-refractivity contribution >= 4 is 39.1 Å². The number of benzene rings is 1. The van der Waals surface area contributed by atoms with Crippen molar-refractivity contribution in [2.45, 2.75) is 43.7 Å². The first-order valence-corrected chi connectivity index (χ1v) is 12.5. The molecule has 9 heteroatoms. The lowest BCUT2D eigenvalue weighted by Gasteiger charge is -2.27. The molecular weight excluding hydrogens is 493 g/mol. The molecule has 3 fully saturated rings. The molecule has 0 bridgehead atoms. The Labute approximate surface area is 197 Å². The molecule has 32 heavy (non-hydrogen) atoms. The molecule has 6 nitrogen and oxygen atoms in total. The maximum atomic E-state index is 13.9. The average molecular weight is 514 g/mol. The smallest absolute Gasteiger partial charge is 0.274 e. The van der Waals surface area contributed by atoms with Crippen LogP contribution in [0.3, 0.4) is 0 Å².